The summed E-state index contributed by atoms with van der Waals surface area (Å²) < 4.78 is 0. The monoisotopic (exact) mass is 194 g/mol. The largest absolute Gasteiger partial charge is 0.316 e. The van der Waals surface area contributed by atoms with E-state index in [4.69, 9.17) is 6.42 Å². The van der Waals surface area contributed by atoms with E-state index in [1.54, 1.807) is 0 Å². The van der Waals surface area contributed by atoms with E-state index >= 15 is 0 Å². The Bertz CT molecular complexity index is 177. The van der Waals surface area contributed by atoms with E-state index in [2.05, 4.69) is 23.1 Å². The predicted molar refractivity (Wildman–Crippen MR) is 61.2 cm³/mol. The maximum absolute atomic E-state index is 5.28. The van der Waals surface area contributed by atoms with Gasteiger partial charge in [-0.25, -0.2) is 0 Å². The van der Waals surface area contributed by atoms with Crippen molar-refractivity contribution in [1.82, 2.24) is 10.2 Å². The molecule has 1 atom stereocenters. The molecule has 80 valence electrons. The minimum Gasteiger partial charge on any atom is -0.316 e. The van der Waals surface area contributed by atoms with Gasteiger partial charge in [0.25, 0.3) is 0 Å². The molecule has 0 aromatic heterocycles. The summed E-state index contributed by atoms with van der Waals surface area (Å²) in [6.07, 6.45) is 8.86. The molecule has 1 N–H and O–H groups in total. The fourth-order valence-corrected chi connectivity index (χ4v) is 2.05. The molecule has 0 aliphatic carbocycles. The van der Waals surface area contributed by atoms with Crippen LogP contribution in [-0.4, -0.2) is 37.6 Å². The molecule has 1 saturated heterocycles. The first-order valence-electron chi connectivity index (χ1n) is 5.73. The van der Waals surface area contributed by atoms with Crippen LogP contribution in [0.5, 0.6) is 0 Å². The van der Waals surface area contributed by atoms with Gasteiger partial charge in [0, 0.05) is 19.5 Å². The Morgan fingerprint density at radius 3 is 3.00 bits per heavy atom. The summed E-state index contributed by atoms with van der Waals surface area (Å²) in [7, 11) is 0. The van der Waals surface area contributed by atoms with Gasteiger partial charge in [-0.1, -0.05) is 6.92 Å². The first kappa shape index (κ1) is 11.6. The van der Waals surface area contributed by atoms with Crippen LogP contribution in [0.2, 0.25) is 0 Å². The van der Waals surface area contributed by atoms with Crippen molar-refractivity contribution in [3.8, 4) is 12.3 Å². The molecule has 1 aliphatic heterocycles. The third-order valence-electron chi connectivity index (χ3n) is 2.93. The number of hydrogen-bond acceptors (Lipinski definition) is 2. The van der Waals surface area contributed by atoms with Crippen molar-refractivity contribution in [2.45, 2.75) is 26.2 Å². The summed E-state index contributed by atoms with van der Waals surface area (Å²) in [5, 5.41) is 3.45. The van der Waals surface area contributed by atoms with Gasteiger partial charge < -0.3 is 10.2 Å². The zero-order valence-electron chi connectivity index (χ0n) is 9.26. The second kappa shape index (κ2) is 6.86. The first-order valence-corrected chi connectivity index (χ1v) is 5.73. The van der Waals surface area contributed by atoms with Crippen LogP contribution in [-0.2, 0) is 0 Å². The Morgan fingerprint density at radius 2 is 2.43 bits per heavy atom. The minimum atomic E-state index is 0.835. The normalized spacial score (nSPS) is 22.2. The number of piperidine rings is 1. The van der Waals surface area contributed by atoms with Crippen molar-refractivity contribution < 1.29 is 0 Å². The number of rotatable bonds is 5. The SMILES string of the molecule is C#CCCN(CC)CC1CCCNC1. The summed E-state index contributed by atoms with van der Waals surface area (Å²) in [6, 6.07) is 0. The molecule has 2 nitrogen and oxygen atoms in total. The van der Waals surface area contributed by atoms with E-state index < -0.39 is 0 Å². The highest BCUT2D eigenvalue weighted by atomic mass is 15.1. The zero-order chi connectivity index (χ0) is 10.2. The summed E-state index contributed by atoms with van der Waals surface area (Å²) in [6.45, 7) is 8.00. The number of terminal acetylenes is 1. The summed E-state index contributed by atoms with van der Waals surface area (Å²) in [4.78, 5) is 2.47. The molecule has 1 rings (SSSR count). The average Bonchev–Trinajstić information content (AvgIpc) is 2.25. The third-order valence-corrected chi connectivity index (χ3v) is 2.93. The lowest BCUT2D eigenvalue weighted by Gasteiger charge is -2.28. The summed E-state index contributed by atoms with van der Waals surface area (Å²) >= 11 is 0. The van der Waals surface area contributed by atoms with Crippen molar-refractivity contribution in [1.29, 1.82) is 0 Å². The molecular weight excluding hydrogens is 172 g/mol. The molecule has 0 bridgehead atoms. The molecule has 0 aromatic rings. The van der Waals surface area contributed by atoms with Gasteiger partial charge in [0.15, 0.2) is 0 Å². The van der Waals surface area contributed by atoms with Gasteiger partial charge in [-0.15, -0.1) is 12.3 Å². The second-order valence-corrected chi connectivity index (χ2v) is 4.06. The van der Waals surface area contributed by atoms with Crippen molar-refractivity contribution in [3.05, 3.63) is 0 Å². The molecular formula is C12H22N2. The number of hydrogen-bond donors (Lipinski definition) is 1. The van der Waals surface area contributed by atoms with Crippen LogP contribution in [0.3, 0.4) is 0 Å². The smallest absolute Gasteiger partial charge is 0.0214 e. The van der Waals surface area contributed by atoms with Gasteiger partial charge in [0.1, 0.15) is 0 Å². The van der Waals surface area contributed by atoms with E-state index in [9.17, 15) is 0 Å². The Labute approximate surface area is 88.1 Å². The van der Waals surface area contributed by atoms with Gasteiger partial charge in [-0.2, -0.15) is 0 Å². The van der Waals surface area contributed by atoms with Crippen LogP contribution in [0.15, 0.2) is 0 Å². The topological polar surface area (TPSA) is 15.3 Å². The fraction of sp³-hybridized carbons (Fsp3) is 0.833. The maximum atomic E-state index is 5.28. The Hall–Kier alpha value is -0.520. The number of nitrogens with one attached hydrogen (secondary N) is 1. The van der Waals surface area contributed by atoms with E-state index in [1.165, 1.54) is 32.5 Å². The molecule has 0 spiro atoms. The zero-order valence-corrected chi connectivity index (χ0v) is 9.26. The highest BCUT2D eigenvalue weighted by Crippen LogP contribution is 2.11. The Morgan fingerprint density at radius 1 is 1.57 bits per heavy atom. The Kier molecular flexibility index (Phi) is 5.66. The van der Waals surface area contributed by atoms with Gasteiger partial charge in [0.2, 0.25) is 0 Å². The molecule has 1 heterocycles. The Balaban J connectivity index is 2.20. The van der Waals surface area contributed by atoms with Crippen molar-refractivity contribution >= 4 is 0 Å². The van der Waals surface area contributed by atoms with E-state index in [0.717, 1.165) is 25.4 Å². The van der Waals surface area contributed by atoms with Gasteiger partial charge in [-0.05, 0) is 38.4 Å². The second-order valence-electron chi connectivity index (χ2n) is 4.06. The maximum Gasteiger partial charge on any atom is 0.0214 e. The molecule has 1 unspecified atom stereocenters. The molecule has 0 saturated carbocycles. The molecule has 1 aliphatic rings. The van der Waals surface area contributed by atoms with Gasteiger partial charge >= 0.3 is 0 Å². The average molecular weight is 194 g/mol. The van der Waals surface area contributed by atoms with Crippen LogP contribution in [0.4, 0.5) is 0 Å². The summed E-state index contributed by atoms with van der Waals surface area (Å²) in [5.41, 5.74) is 0. The molecule has 0 aromatic carbocycles. The first-order chi connectivity index (χ1) is 6.86. The van der Waals surface area contributed by atoms with E-state index in [1.807, 2.05) is 0 Å². The lowest BCUT2D eigenvalue weighted by molar-refractivity contribution is 0.220. The van der Waals surface area contributed by atoms with Crippen molar-refractivity contribution in [2.24, 2.45) is 5.92 Å². The van der Waals surface area contributed by atoms with Gasteiger partial charge in [0.05, 0.1) is 0 Å². The van der Waals surface area contributed by atoms with Crippen LogP contribution in [0.25, 0.3) is 0 Å². The highest BCUT2D eigenvalue weighted by Gasteiger charge is 2.15. The van der Waals surface area contributed by atoms with Crippen LogP contribution < -0.4 is 5.32 Å². The summed E-state index contributed by atoms with van der Waals surface area (Å²) in [5.74, 6) is 3.55. The molecule has 1 fully saturated rings. The lowest BCUT2D eigenvalue weighted by Crippen LogP contribution is -2.38. The molecule has 0 radical (unpaired) electrons. The van der Waals surface area contributed by atoms with Crippen molar-refractivity contribution in [3.63, 3.8) is 0 Å². The lowest BCUT2D eigenvalue weighted by atomic mass is 9.99. The van der Waals surface area contributed by atoms with E-state index in [-0.39, 0.29) is 0 Å². The quantitative estimate of drug-likeness (QED) is 0.664. The third kappa shape index (κ3) is 4.13. The molecule has 14 heavy (non-hydrogen) atoms. The van der Waals surface area contributed by atoms with Gasteiger partial charge in [-0.3, -0.25) is 0 Å². The van der Waals surface area contributed by atoms with Crippen LogP contribution in [0, 0.1) is 18.3 Å². The standard InChI is InChI=1S/C12H22N2/c1-3-5-9-14(4-2)11-12-7-6-8-13-10-12/h1,12-13H,4-11H2,2H3. The fourth-order valence-electron chi connectivity index (χ4n) is 2.05. The van der Waals surface area contributed by atoms with Crippen LogP contribution >= 0.6 is 0 Å². The number of nitrogens with zero attached hydrogens (tertiary/aromatic N) is 1. The van der Waals surface area contributed by atoms with E-state index in [0.29, 0.717) is 0 Å². The highest BCUT2D eigenvalue weighted by molar-refractivity contribution is 4.85. The van der Waals surface area contributed by atoms with Crippen molar-refractivity contribution in [2.75, 3.05) is 32.7 Å². The minimum absolute atomic E-state index is 0.835. The molecule has 2 heteroatoms. The predicted octanol–water partition coefficient (Wildman–Crippen LogP) is 1.33. The van der Waals surface area contributed by atoms with Crippen LogP contribution in [0.1, 0.15) is 26.2 Å². The molecule has 0 amide bonds.